The molecule has 0 fully saturated rings. The molecular weight excluding hydrogens is 684 g/mol. The molecule has 0 saturated carbocycles. The van der Waals surface area contributed by atoms with Crippen molar-refractivity contribution in [3.05, 3.63) is 105 Å². The van der Waals surface area contributed by atoms with Gasteiger partial charge in [-0.3, -0.25) is 0 Å². The van der Waals surface area contributed by atoms with Crippen LogP contribution in [0, 0.1) is 0 Å². The van der Waals surface area contributed by atoms with Gasteiger partial charge in [-0.25, -0.2) is 9.59 Å². The molecule has 6 aromatic rings. The zero-order valence-corrected chi connectivity index (χ0v) is 30.3. The van der Waals surface area contributed by atoms with Gasteiger partial charge in [0.15, 0.2) is 5.79 Å². The van der Waals surface area contributed by atoms with Gasteiger partial charge >= 0.3 is 11.3 Å². The Morgan fingerprint density at radius 1 is 0.698 bits per heavy atom. The third-order valence-corrected chi connectivity index (χ3v) is 9.34. The van der Waals surface area contributed by atoms with Crippen molar-refractivity contribution in [3.8, 4) is 11.5 Å². The van der Waals surface area contributed by atoms with Crippen LogP contribution in [0.2, 0.25) is 0 Å². The monoisotopic (exact) mass is 728 g/mol. The molecule has 3 N–H and O–H groups in total. The smallest absolute Gasteiger partial charge is 0.336 e. The first-order chi connectivity index (χ1) is 25.2. The molecule has 0 aliphatic carbocycles. The summed E-state index contributed by atoms with van der Waals surface area (Å²) >= 11 is 0. The van der Waals surface area contributed by atoms with E-state index in [0.29, 0.717) is 63.9 Å². The predicted molar refractivity (Wildman–Crippen MR) is 199 cm³/mol. The summed E-state index contributed by atoms with van der Waals surface area (Å²) in [5.41, 5.74) is 1.40. The number of hydrogen-bond donors (Lipinski definition) is 3. The lowest BCUT2D eigenvalue weighted by molar-refractivity contribution is -0.289. The fraction of sp³-hybridized carbons (Fsp3) is 0.366. The van der Waals surface area contributed by atoms with E-state index in [4.69, 9.17) is 31.9 Å². The molecule has 0 spiro atoms. The first kappa shape index (κ1) is 37.6. The van der Waals surface area contributed by atoms with Gasteiger partial charge in [-0.15, -0.1) is 0 Å². The minimum atomic E-state index is -1.94. The van der Waals surface area contributed by atoms with Crippen molar-refractivity contribution in [2.24, 2.45) is 0 Å². The zero-order chi connectivity index (χ0) is 37.9. The summed E-state index contributed by atoms with van der Waals surface area (Å²) in [5, 5.41) is 36.0. The van der Waals surface area contributed by atoms with Crippen LogP contribution >= 0.6 is 0 Å². The van der Waals surface area contributed by atoms with Crippen molar-refractivity contribution >= 4 is 43.9 Å². The summed E-state index contributed by atoms with van der Waals surface area (Å²) < 4.78 is 39.9. The molecule has 0 radical (unpaired) electrons. The maximum Gasteiger partial charge on any atom is 0.336 e. The Kier molecular flexibility index (Phi) is 11.0. The van der Waals surface area contributed by atoms with E-state index in [1.54, 1.807) is 56.5 Å². The highest BCUT2D eigenvalue weighted by molar-refractivity contribution is 6.02. The summed E-state index contributed by atoms with van der Waals surface area (Å²) in [6, 6.07) is 12.9. The number of hydrogen-bond acceptors (Lipinski definition) is 12. The van der Waals surface area contributed by atoms with E-state index in [1.165, 1.54) is 25.3 Å². The Labute approximate surface area is 304 Å². The van der Waals surface area contributed by atoms with Crippen LogP contribution < -0.4 is 20.7 Å². The van der Waals surface area contributed by atoms with Gasteiger partial charge in [0.1, 0.15) is 53.1 Å². The number of aliphatic hydroxyl groups excluding tert-OH is 1. The average molecular weight is 729 g/mol. The second kappa shape index (κ2) is 15.5. The number of fused-ring (bicyclic) bond motifs is 4. The van der Waals surface area contributed by atoms with Gasteiger partial charge in [0.05, 0.1) is 45.8 Å². The van der Waals surface area contributed by atoms with Crippen LogP contribution in [0.15, 0.2) is 112 Å². The maximum absolute atomic E-state index is 11.8. The Balaban J connectivity index is 1.02. The SMILES string of the molecule is CC(=CCOc1c2ccoc2cc2oc(=O)ccc12)CCC(OC(C)(O)C(O)CCC(C)=CCOc1c2ccoc2cc2oc(=O)ccc12)C(C)(C)O. The molecule has 0 bridgehead atoms. The summed E-state index contributed by atoms with van der Waals surface area (Å²) in [5.74, 6) is -0.875. The minimum absolute atomic E-state index is 0.192. The summed E-state index contributed by atoms with van der Waals surface area (Å²) in [4.78, 5) is 23.5. The normalized spacial score (nSPS) is 15.3. The van der Waals surface area contributed by atoms with Crippen LogP contribution in [0.4, 0.5) is 0 Å². The molecule has 4 heterocycles. The van der Waals surface area contributed by atoms with E-state index in [0.717, 1.165) is 21.9 Å². The molecule has 12 nitrogen and oxygen atoms in total. The van der Waals surface area contributed by atoms with Gasteiger partial charge in [-0.05, 0) is 96.7 Å². The van der Waals surface area contributed by atoms with Gasteiger partial charge in [-0.2, -0.15) is 0 Å². The fourth-order valence-corrected chi connectivity index (χ4v) is 6.18. The topological polar surface area (TPSA) is 175 Å². The number of aliphatic hydroxyl groups is 3. The quantitative estimate of drug-likeness (QED) is 0.0508. The van der Waals surface area contributed by atoms with Gasteiger partial charge in [0.25, 0.3) is 0 Å². The fourth-order valence-electron chi connectivity index (χ4n) is 6.18. The third kappa shape index (κ3) is 8.74. The molecule has 280 valence electrons. The number of furan rings is 2. The summed E-state index contributed by atoms with van der Waals surface area (Å²) in [6.45, 7) is 8.86. The van der Waals surface area contributed by atoms with Crippen LogP contribution in [0.5, 0.6) is 11.5 Å². The first-order valence-electron chi connectivity index (χ1n) is 17.5. The number of benzene rings is 2. The Bertz CT molecular complexity index is 2400. The lowest BCUT2D eigenvalue weighted by Gasteiger charge is -2.38. The highest BCUT2D eigenvalue weighted by atomic mass is 16.6. The third-order valence-electron chi connectivity index (χ3n) is 9.34. The van der Waals surface area contributed by atoms with Crippen molar-refractivity contribution in [2.45, 2.75) is 83.9 Å². The van der Waals surface area contributed by atoms with E-state index in [1.807, 2.05) is 26.0 Å². The predicted octanol–water partition coefficient (Wildman–Crippen LogP) is 7.53. The van der Waals surface area contributed by atoms with Crippen molar-refractivity contribution < 1.29 is 47.2 Å². The van der Waals surface area contributed by atoms with Gasteiger partial charge < -0.3 is 47.2 Å². The molecule has 0 saturated heterocycles. The average Bonchev–Trinajstić information content (AvgIpc) is 3.77. The lowest BCUT2D eigenvalue weighted by Crippen LogP contribution is -2.50. The van der Waals surface area contributed by atoms with Gasteiger partial charge in [-0.1, -0.05) is 11.1 Å². The van der Waals surface area contributed by atoms with Gasteiger partial charge in [0, 0.05) is 24.3 Å². The maximum atomic E-state index is 11.8. The molecule has 0 aliphatic rings. The molecule has 3 atom stereocenters. The second-order valence-electron chi connectivity index (χ2n) is 14.0. The van der Waals surface area contributed by atoms with Crippen molar-refractivity contribution in [2.75, 3.05) is 13.2 Å². The van der Waals surface area contributed by atoms with Gasteiger partial charge in [0.2, 0.25) is 0 Å². The minimum Gasteiger partial charge on any atom is -0.488 e. The highest BCUT2D eigenvalue weighted by Gasteiger charge is 2.39. The number of allylic oxidation sites excluding steroid dienone is 2. The zero-order valence-electron chi connectivity index (χ0n) is 30.3. The molecular formula is C41H44O12. The molecule has 4 aromatic heterocycles. The molecule has 6 rings (SSSR count). The first-order valence-corrected chi connectivity index (χ1v) is 17.5. The van der Waals surface area contributed by atoms with Crippen LogP contribution in [0.1, 0.15) is 60.3 Å². The van der Waals surface area contributed by atoms with Crippen LogP contribution in [0.3, 0.4) is 0 Å². The van der Waals surface area contributed by atoms with E-state index in [2.05, 4.69) is 0 Å². The molecule has 0 amide bonds. The molecule has 0 aliphatic heterocycles. The summed E-state index contributed by atoms with van der Waals surface area (Å²) in [6.07, 6.45) is 6.32. The van der Waals surface area contributed by atoms with E-state index in [-0.39, 0.29) is 19.6 Å². The van der Waals surface area contributed by atoms with E-state index in [9.17, 15) is 24.9 Å². The van der Waals surface area contributed by atoms with Crippen LogP contribution in [0.25, 0.3) is 43.9 Å². The number of ether oxygens (including phenoxy) is 3. The molecule has 2 aromatic carbocycles. The summed E-state index contributed by atoms with van der Waals surface area (Å²) in [7, 11) is 0. The lowest BCUT2D eigenvalue weighted by atomic mass is 9.94. The second-order valence-corrected chi connectivity index (χ2v) is 14.0. The molecule has 53 heavy (non-hydrogen) atoms. The Morgan fingerprint density at radius 3 is 1.62 bits per heavy atom. The van der Waals surface area contributed by atoms with Crippen LogP contribution in [-0.4, -0.2) is 52.1 Å². The Hall–Kier alpha value is -5.14. The highest BCUT2D eigenvalue weighted by Crippen LogP contribution is 2.36. The number of rotatable bonds is 16. The van der Waals surface area contributed by atoms with Crippen molar-refractivity contribution in [1.29, 1.82) is 0 Å². The standard InChI is InChI=1S/C41H44O12/c1-24(14-18-49-38-26-8-12-36(43)51-32(26)22-30-28(38)16-20-47-30)6-10-34(42)41(5,46)53-35(40(3,4)45)11-7-25(2)15-19-50-39-27-9-13-37(44)52-33(27)23-31-29(39)17-21-48-31/h8-9,12-17,20-23,34-35,42,45-46H,6-7,10-11,18-19H2,1-5H3. The van der Waals surface area contributed by atoms with Crippen molar-refractivity contribution in [1.82, 2.24) is 0 Å². The Morgan fingerprint density at radius 2 is 1.15 bits per heavy atom. The van der Waals surface area contributed by atoms with Crippen molar-refractivity contribution in [3.63, 3.8) is 0 Å². The van der Waals surface area contributed by atoms with Crippen LogP contribution in [-0.2, 0) is 4.74 Å². The largest absolute Gasteiger partial charge is 0.488 e. The van der Waals surface area contributed by atoms with E-state index < -0.39 is 34.8 Å². The van der Waals surface area contributed by atoms with E-state index >= 15 is 0 Å². The molecule has 3 unspecified atom stereocenters. The molecule has 12 heteroatoms.